The van der Waals surface area contributed by atoms with Crippen LogP contribution in [0.1, 0.15) is 33.6 Å². The fourth-order valence-electron chi connectivity index (χ4n) is 3.55. The quantitative estimate of drug-likeness (QED) is 0.541. The first-order valence-electron chi connectivity index (χ1n) is 9.29. The van der Waals surface area contributed by atoms with Crippen LogP contribution in [0.2, 0.25) is 0 Å². The van der Waals surface area contributed by atoms with E-state index in [9.17, 15) is 8.42 Å². The third kappa shape index (κ3) is 5.08. The predicted octanol–water partition coefficient (Wildman–Crippen LogP) is 0.572. The maximum Gasteiger partial charge on any atom is 0.194 e. The van der Waals surface area contributed by atoms with Crippen molar-refractivity contribution in [3.05, 3.63) is 0 Å². The van der Waals surface area contributed by atoms with E-state index in [4.69, 9.17) is 9.73 Å². The minimum absolute atomic E-state index is 0.188. The molecular weight excluding hydrogens is 340 g/mol. The van der Waals surface area contributed by atoms with Crippen LogP contribution in [0.25, 0.3) is 0 Å². The summed E-state index contributed by atoms with van der Waals surface area (Å²) in [7, 11) is -1.30. The number of nitrogens with zero attached hydrogens (tertiary/aromatic N) is 3. The van der Waals surface area contributed by atoms with Crippen molar-refractivity contribution in [1.82, 2.24) is 15.1 Å². The first-order valence-corrected chi connectivity index (χ1v) is 10.9. The molecule has 2 aliphatic heterocycles. The summed E-state index contributed by atoms with van der Waals surface area (Å²) >= 11 is 0. The first kappa shape index (κ1) is 20.5. The van der Waals surface area contributed by atoms with E-state index < -0.39 is 14.6 Å². The molecule has 146 valence electrons. The van der Waals surface area contributed by atoms with Crippen LogP contribution < -0.4 is 5.32 Å². The highest BCUT2D eigenvalue weighted by Crippen LogP contribution is 2.24. The number of aliphatic imine (C=N–C) groups is 1. The van der Waals surface area contributed by atoms with E-state index in [1.165, 1.54) is 6.42 Å². The Kier molecular flexibility index (Phi) is 7.10. The summed E-state index contributed by atoms with van der Waals surface area (Å²) in [6.45, 7) is 11.0. The number of methoxy groups -OCH3 is 1. The molecule has 0 aromatic rings. The summed E-state index contributed by atoms with van der Waals surface area (Å²) in [6, 6.07) is 0.449. The van der Waals surface area contributed by atoms with E-state index in [-0.39, 0.29) is 5.75 Å². The summed E-state index contributed by atoms with van der Waals surface area (Å²) < 4.78 is 28.9. The number of hydrogen-bond donors (Lipinski definition) is 1. The largest absolute Gasteiger partial charge is 0.383 e. The van der Waals surface area contributed by atoms with Crippen molar-refractivity contribution in [2.24, 2.45) is 4.99 Å². The molecule has 8 heteroatoms. The van der Waals surface area contributed by atoms with Gasteiger partial charge in [0.05, 0.1) is 23.7 Å². The van der Waals surface area contributed by atoms with E-state index in [0.717, 1.165) is 45.2 Å². The number of hydrogen-bond acceptors (Lipinski definition) is 5. The monoisotopic (exact) mass is 374 g/mol. The Balaban J connectivity index is 2.03. The molecule has 0 spiro atoms. The number of rotatable bonds is 6. The molecule has 0 aromatic heterocycles. The molecule has 25 heavy (non-hydrogen) atoms. The zero-order chi connectivity index (χ0) is 18.5. The standard InChI is InChI=1S/C17H34N4O3S/c1-5-18-16(21-10-12-25(22,23)17(2,3)14-21)19-13-15-7-6-8-20(15)9-11-24-4/h15H,5-14H2,1-4H3,(H,18,19). The van der Waals surface area contributed by atoms with Crippen LogP contribution in [-0.4, -0.2) is 93.7 Å². The van der Waals surface area contributed by atoms with Crippen molar-refractivity contribution in [1.29, 1.82) is 0 Å². The first-order chi connectivity index (χ1) is 11.8. The second-order valence-electron chi connectivity index (χ2n) is 7.52. The van der Waals surface area contributed by atoms with Crippen LogP contribution in [0.3, 0.4) is 0 Å². The lowest BCUT2D eigenvalue weighted by molar-refractivity contribution is 0.142. The summed E-state index contributed by atoms with van der Waals surface area (Å²) in [4.78, 5) is 9.39. The van der Waals surface area contributed by atoms with Gasteiger partial charge in [-0.05, 0) is 40.2 Å². The third-order valence-corrected chi connectivity index (χ3v) is 7.74. The lowest BCUT2D eigenvalue weighted by atomic mass is 10.2. The molecule has 1 N–H and O–H groups in total. The third-order valence-electron chi connectivity index (χ3n) is 5.21. The molecule has 2 rings (SSSR count). The minimum atomic E-state index is -3.04. The van der Waals surface area contributed by atoms with Crippen molar-refractivity contribution in [2.45, 2.75) is 44.4 Å². The van der Waals surface area contributed by atoms with E-state index in [2.05, 4.69) is 15.1 Å². The average molecular weight is 375 g/mol. The molecule has 2 aliphatic rings. The van der Waals surface area contributed by atoms with Crippen molar-refractivity contribution in [3.63, 3.8) is 0 Å². The van der Waals surface area contributed by atoms with E-state index in [1.54, 1.807) is 7.11 Å². The van der Waals surface area contributed by atoms with E-state index >= 15 is 0 Å². The van der Waals surface area contributed by atoms with Crippen LogP contribution in [-0.2, 0) is 14.6 Å². The SMILES string of the molecule is CCNC(=NCC1CCCN1CCOC)N1CCS(=O)(=O)C(C)(C)C1. The Hall–Kier alpha value is -0.860. The average Bonchev–Trinajstić information content (AvgIpc) is 2.99. The second-order valence-corrected chi connectivity index (χ2v) is 10.3. The molecule has 0 aliphatic carbocycles. The van der Waals surface area contributed by atoms with Crippen molar-refractivity contribution in [2.75, 3.05) is 58.7 Å². The molecule has 1 unspecified atom stereocenters. The van der Waals surface area contributed by atoms with Gasteiger partial charge in [0.2, 0.25) is 0 Å². The predicted molar refractivity (Wildman–Crippen MR) is 102 cm³/mol. The highest BCUT2D eigenvalue weighted by atomic mass is 32.2. The molecule has 7 nitrogen and oxygen atoms in total. The van der Waals surface area contributed by atoms with Gasteiger partial charge in [0.15, 0.2) is 15.8 Å². The molecule has 0 bridgehead atoms. The molecule has 0 amide bonds. The number of nitrogens with one attached hydrogen (secondary N) is 1. The zero-order valence-electron chi connectivity index (χ0n) is 16.1. The normalized spacial score (nSPS) is 26.8. The van der Waals surface area contributed by atoms with Crippen LogP contribution in [0.5, 0.6) is 0 Å². The van der Waals surface area contributed by atoms with Gasteiger partial charge in [0.25, 0.3) is 0 Å². The van der Waals surface area contributed by atoms with Crippen LogP contribution >= 0.6 is 0 Å². The zero-order valence-corrected chi connectivity index (χ0v) is 16.9. The fraction of sp³-hybridized carbons (Fsp3) is 0.941. The Morgan fingerprint density at radius 1 is 1.36 bits per heavy atom. The molecule has 2 saturated heterocycles. The second kappa shape index (κ2) is 8.68. The van der Waals surface area contributed by atoms with Gasteiger partial charge in [-0.3, -0.25) is 9.89 Å². The maximum atomic E-state index is 12.2. The molecular formula is C17H34N4O3S. The molecule has 2 heterocycles. The Morgan fingerprint density at radius 3 is 2.76 bits per heavy atom. The lowest BCUT2D eigenvalue weighted by Gasteiger charge is -2.39. The lowest BCUT2D eigenvalue weighted by Crippen LogP contribution is -2.57. The Morgan fingerprint density at radius 2 is 2.12 bits per heavy atom. The number of sulfone groups is 1. The highest BCUT2D eigenvalue weighted by Gasteiger charge is 2.41. The van der Waals surface area contributed by atoms with Crippen molar-refractivity contribution in [3.8, 4) is 0 Å². The van der Waals surface area contributed by atoms with Crippen LogP contribution in [0, 0.1) is 0 Å². The van der Waals surface area contributed by atoms with Gasteiger partial charge in [0, 0.05) is 39.3 Å². The van der Waals surface area contributed by atoms with E-state index in [1.807, 2.05) is 20.8 Å². The Bertz CT molecular complexity index is 562. The summed E-state index contributed by atoms with van der Waals surface area (Å²) in [5.41, 5.74) is 0. The molecule has 2 fully saturated rings. The van der Waals surface area contributed by atoms with Gasteiger partial charge in [0.1, 0.15) is 0 Å². The van der Waals surface area contributed by atoms with Gasteiger partial charge in [-0.25, -0.2) is 8.42 Å². The Labute approximate surface area is 152 Å². The smallest absolute Gasteiger partial charge is 0.194 e. The summed E-state index contributed by atoms with van der Waals surface area (Å²) in [5, 5.41) is 3.34. The van der Waals surface area contributed by atoms with Crippen LogP contribution in [0.4, 0.5) is 0 Å². The van der Waals surface area contributed by atoms with Crippen molar-refractivity contribution < 1.29 is 13.2 Å². The van der Waals surface area contributed by atoms with Gasteiger partial charge in [-0.2, -0.15) is 0 Å². The fourth-order valence-corrected chi connectivity index (χ4v) is 4.91. The van der Waals surface area contributed by atoms with Gasteiger partial charge in [-0.1, -0.05) is 0 Å². The molecule has 0 aromatic carbocycles. The van der Waals surface area contributed by atoms with Gasteiger partial charge < -0.3 is 15.0 Å². The number of ether oxygens (including phenoxy) is 1. The van der Waals surface area contributed by atoms with Crippen molar-refractivity contribution >= 4 is 15.8 Å². The summed E-state index contributed by atoms with van der Waals surface area (Å²) in [5.74, 6) is 1.03. The molecule has 0 saturated carbocycles. The highest BCUT2D eigenvalue weighted by molar-refractivity contribution is 7.92. The van der Waals surface area contributed by atoms with E-state index in [0.29, 0.717) is 19.1 Å². The van der Waals surface area contributed by atoms with Gasteiger partial charge >= 0.3 is 0 Å². The number of likely N-dealkylation sites (tertiary alicyclic amines) is 1. The molecule has 1 atom stereocenters. The van der Waals surface area contributed by atoms with Gasteiger partial charge in [-0.15, -0.1) is 0 Å². The van der Waals surface area contributed by atoms with Crippen LogP contribution in [0.15, 0.2) is 4.99 Å². The number of guanidine groups is 1. The maximum absolute atomic E-state index is 12.2. The minimum Gasteiger partial charge on any atom is -0.383 e. The topological polar surface area (TPSA) is 74.2 Å². The molecule has 0 radical (unpaired) electrons. The summed E-state index contributed by atoms with van der Waals surface area (Å²) in [6.07, 6.45) is 2.36.